The molecule has 1 fully saturated rings. The van der Waals surface area contributed by atoms with E-state index < -0.39 is 0 Å². The van der Waals surface area contributed by atoms with Crippen LogP contribution < -0.4 is 10.1 Å². The molecule has 2 aromatic carbocycles. The van der Waals surface area contributed by atoms with Crippen LogP contribution in [0.5, 0.6) is 5.75 Å². The van der Waals surface area contributed by atoms with Crippen molar-refractivity contribution in [2.45, 2.75) is 32.4 Å². The zero-order valence-corrected chi connectivity index (χ0v) is 12.1. The summed E-state index contributed by atoms with van der Waals surface area (Å²) in [5, 5.41) is 3.24. The quantitative estimate of drug-likeness (QED) is 0.886. The first-order valence-electron chi connectivity index (χ1n) is 7.27. The minimum atomic E-state index is 0.444. The van der Waals surface area contributed by atoms with Gasteiger partial charge in [0.25, 0.3) is 0 Å². The summed E-state index contributed by atoms with van der Waals surface area (Å²) in [5.74, 6) is 0.988. The van der Waals surface area contributed by atoms with E-state index in [-0.39, 0.29) is 0 Å². The van der Waals surface area contributed by atoms with E-state index in [2.05, 4.69) is 54.7 Å². The van der Waals surface area contributed by atoms with E-state index in [1.54, 1.807) is 0 Å². The molecule has 2 heteroatoms. The molecule has 3 rings (SSSR count). The minimum absolute atomic E-state index is 0.444. The third-order valence-electron chi connectivity index (χ3n) is 3.60. The Morgan fingerprint density at radius 3 is 2.75 bits per heavy atom. The summed E-state index contributed by atoms with van der Waals surface area (Å²) < 4.78 is 5.90. The van der Waals surface area contributed by atoms with Crippen molar-refractivity contribution in [1.82, 2.24) is 5.32 Å². The Hall–Kier alpha value is -1.80. The average molecular weight is 267 g/mol. The summed E-state index contributed by atoms with van der Waals surface area (Å²) in [7, 11) is 1.98. The summed E-state index contributed by atoms with van der Waals surface area (Å²) in [6, 6.07) is 15.1. The highest BCUT2D eigenvalue weighted by molar-refractivity contribution is 5.69. The van der Waals surface area contributed by atoms with E-state index in [1.165, 1.54) is 35.1 Å². The van der Waals surface area contributed by atoms with Crippen molar-refractivity contribution in [3.8, 4) is 16.9 Å². The molecular weight excluding hydrogens is 246 g/mol. The Balaban J connectivity index is 1.96. The highest BCUT2D eigenvalue weighted by atomic mass is 16.5. The lowest BCUT2D eigenvalue weighted by Crippen LogP contribution is -2.06. The van der Waals surface area contributed by atoms with Gasteiger partial charge in [0.1, 0.15) is 5.75 Å². The van der Waals surface area contributed by atoms with Crippen LogP contribution in [0.3, 0.4) is 0 Å². The zero-order chi connectivity index (χ0) is 13.9. The van der Waals surface area contributed by atoms with Gasteiger partial charge in [0.2, 0.25) is 0 Å². The maximum atomic E-state index is 5.90. The summed E-state index contributed by atoms with van der Waals surface area (Å²) in [6.07, 6.45) is 2.83. The number of rotatable bonds is 5. The highest BCUT2D eigenvalue weighted by Crippen LogP contribution is 2.31. The molecule has 0 aliphatic heterocycles. The van der Waals surface area contributed by atoms with E-state index in [9.17, 15) is 0 Å². The molecule has 1 saturated carbocycles. The van der Waals surface area contributed by atoms with E-state index >= 15 is 0 Å². The van der Waals surface area contributed by atoms with Gasteiger partial charge in [-0.3, -0.25) is 0 Å². The summed E-state index contributed by atoms with van der Waals surface area (Å²) in [5.41, 5.74) is 5.13. The molecule has 0 radical (unpaired) electrons. The first-order chi connectivity index (χ1) is 9.76. The number of ether oxygens (including phenoxy) is 1. The van der Waals surface area contributed by atoms with Gasteiger partial charge in [-0.15, -0.1) is 0 Å². The van der Waals surface area contributed by atoms with Crippen molar-refractivity contribution >= 4 is 0 Å². The topological polar surface area (TPSA) is 21.3 Å². The van der Waals surface area contributed by atoms with E-state index in [4.69, 9.17) is 4.74 Å². The molecule has 1 N–H and O–H groups in total. The van der Waals surface area contributed by atoms with Crippen LogP contribution in [0.4, 0.5) is 0 Å². The largest absolute Gasteiger partial charge is 0.490 e. The second-order valence-corrected chi connectivity index (χ2v) is 5.54. The predicted octanol–water partition coefficient (Wildman–Crippen LogP) is 3.92. The summed E-state index contributed by atoms with van der Waals surface area (Å²) in [4.78, 5) is 0. The molecule has 0 amide bonds. The van der Waals surface area contributed by atoms with Gasteiger partial charge < -0.3 is 10.1 Å². The van der Waals surface area contributed by atoms with Crippen molar-refractivity contribution in [3.63, 3.8) is 0 Å². The minimum Gasteiger partial charge on any atom is -0.490 e. The third kappa shape index (κ3) is 3.02. The van der Waals surface area contributed by atoms with Crippen LogP contribution in [-0.4, -0.2) is 13.2 Å². The monoisotopic (exact) mass is 267 g/mol. The van der Waals surface area contributed by atoms with Crippen molar-refractivity contribution in [2.75, 3.05) is 7.05 Å². The molecule has 0 heterocycles. The smallest absolute Gasteiger partial charge is 0.120 e. The number of hydrogen-bond acceptors (Lipinski definition) is 2. The Labute approximate surface area is 120 Å². The normalized spacial score (nSPS) is 14.3. The first-order valence-corrected chi connectivity index (χ1v) is 7.27. The number of nitrogens with one attached hydrogen (secondary N) is 1. The Kier molecular flexibility index (Phi) is 3.75. The number of hydrogen-bond donors (Lipinski definition) is 1. The summed E-state index contributed by atoms with van der Waals surface area (Å²) in [6.45, 7) is 3.01. The van der Waals surface area contributed by atoms with Crippen LogP contribution in [0.15, 0.2) is 42.5 Å². The summed E-state index contributed by atoms with van der Waals surface area (Å²) >= 11 is 0. The Morgan fingerprint density at radius 1 is 1.15 bits per heavy atom. The van der Waals surface area contributed by atoms with Gasteiger partial charge in [-0.2, -0.15) is 0 Å². The van der Waals surface area contributed by atoms with Gasteiger partial charge in [0, 0.05) is 6.54 Å². The fraction of sp³-hybridized carbons (Fsp3) is 0.333. The van der Waals surface area contributed by atoms with E-state index in [1.807, 2.05) is 7.05 Å². The van der Waals surface area contributed by atoms with Gasteiger partial charge >= 0.3 is 0 Å². The number of aryl methyl sites for hydroxylation is 1. The molecule has 104 valence electrons. The molecular formula is C18H21NO. The number of benzene rings is 2. The molecule has 0 unspecified atom stereocenters. The fourth-order valence-corrected chi connectivity index (χ4v) is 2.42. The average Bonchev–Trinajstić information content (AvgIpc) is 3.25. The third-order valence-corrected chi connectivity index (χ3v) is 3.60. The molecule has 0 spiro atoms. The van der Waals surface area contributed by atoms with Crippen LogP contribution >= 0.6 is 0 Å². The molecule has 1 aliphatic rings. The van der Waals surface area contributed by atoms with Gasteiger partial charge in [-0.25, -0.2) is 0 Å². The molecule has 0 bridgehead atoms. The van der Waals surface area contributed by atoms with E-state index in [0.29, 0.717) is 6.10 Å². The lowest BCUT2D eigenvalue weighted by Gasteiger charge is -2.12. The van der Waals surface area contributed by atoms with Crippen LogP contribution in [0.2, 0.25) is 0 Å². The van der Waals surface area contributed by atoms with Gasteiger partial charge in [-0.1, -0.05) is 35.9 Å². The SMILES string of the molecule is CNCc1ccc(C)cc1-c1cccc(OC2CC2)c1. The maximum Gasteiger partial charge on any atom is 0.120 e. The highest BCUT2D eigenvalue weighted by Gasteiger charge is 2.23. The molecule has 20 heavy (non-hydrogen) atoms. The van der Waals surface area contributed by atoms with Crippen LogP contribution in [0.25, 0.3) is 11.1 Å². The van der Waals surface area contributed by atoms with Gasteiger partial charge in [-0.05, 0) is 55.6 Å². The van der Waals surface area contributed by atoms with Gasteiger partial charge in [0.05, 0.1) is 6.10 Å². The second kappa shape index (κ2) is 5.68. The van der Waals surface area contributed by atoms with Crippen LogP contribution in [0.1, 0.15) is 24.0 Å². The van der Waals surface area contributed by atoms with Crippen molar-refractivity contribution < 1.29 is 4.74 Å². The fourth-order valence-electron chi connectivity index (χ4n) is 2.42. The van der Waals surface area contributed by atoms with Crippen molar-refractivity contribution in [2.24, 2.45) is 0 Å². The predicted molar refractivity (Wildman–Crippen MR) is 83.0 cm³/mol. The van der Waals surface area contributed by atoms with Crippen molar-refractivity contribution in [1.29, 1.82) is 0 Å². The molecule has 0 atom stereocenters. The van der Waals surface area contributed by atoms with Crippen LogP contribution in [0, 0.1) is 6.92 Å². The Bertz CT molecular complexity index is 602. The van der Waals surface area contributed by atoms with E-state index in [0.717, 1.165) is 12.3 Å². The Morgan fingerprint density at radius 2 is 2.00 bits per heavy atom. The molecule has 1 aliphatic carbocycles. The lowest BCUT2D eigenvalue weighted by molar-refractivity contribution is 0.303. The lowest BCUT2D eigenvalue weighted by atomic mass is 9.97. The molecule has 2 nitrogen and oxygen atoms in total. The molecule has 0 saturated heterocycles. The van der Waals surface area contributed by atoms with Crippen LogP contribution in [-0.2, 0) is 6.54 Å². The van der Waals surface area contributed by atoms with Crippen molar-refractivity contribution in [3.05, 3.63) is 53.6 Å². The maximum absolute atomic E-state index is 5.90. The van der Waals surface area contributed by atoms with Gasteiger partial charge in [0.15, 0.2) is 0 Å². The molecule has 0 aromatic heterocycles. The second-order valence-electron chi connectivity index (χ2n) is 5.54. The zero-order valence-electron chi connectivity index (χ0n) is 12.1. The standard InChI is InChI=1S/C18H21NO/c1-13-6-7-15(12-19-2)18(10-13)14-4-3-5-17(11-14)20-16-8-9-16/h3-7,10-11,16,19H,8-9,12H2,1-2H3. The first kappa shape index (κ1) is 13.2. The molecule has 2 aromatic rings.